The number of rotatable bonds is 67. The van der Waals surface area contributed by atoms with Crippen molar-refractivity contribution in [3.8, 4) is 0 Å². The fraction of sp³-hybridized carbons (Fsp3) is 0.724. The first-order valence-corrected chi connectivity index (χ1v) is 39.9. The number of aliphatic hydroxyl groups is 4. The SMILES string of the molecule is CCCCCCCCCCCCCCCC(=O)N[C@@H](CCC(=O)O)C(=O)N[C@@H](CCCN=C(N)N)C(=O)C[C@@H](Cc1cnc[nH]1)C(=O)NC.C[C@@H](CCCN=C(N)N)C(=O)C[C@@H](CCC(N)=O)C(=O)N[C@H](C(=O)C[C@@H](CCCN=C(N)N)C(=O)N[C@@H](CO)C(=O)C[C@@H](CO)C(=O)N[C@H](C(=O)C[C@@H](CCC(=O)O)C(N)=O)[C@@H](C)O)[C@@H](C)O. The van der Waals surface area contributed by atoms with Crippen LogP contribution in [-0.4, -0.2) is 229 Å². The molecule has 1 aromatic rings. The van der Waals surface area contributed by atoms with E-state index in [-0.39, 0.29) is 138 Å². The number of imidazole rings is 1. The molecule has 0 bridgehead atoms. The number of amides is 8. The number of aliphatic carboxylic acids is 2. The number of carbonyl (C=O) groups excluding carboxylic acids is 13. The summed E-state index contributed by atoms with van der Waals surface area (Å²) in [6.45, 7) is 4.60. The molecule has 0 aliphatic heterocycles. The van der Waals surface area contributed by atoms with Crippen molar-refractivity contribution in [2.75, 3.05) is 39.9 Å². The van der Waals surface area contributed by atoms with Gasteiger partial charge in [-0.25, -0.2) is 4.98 Å². The van der Waals surface area contributed by atoms with Crippen molar-refractivity contribution in [2.45, 2.75) is 276 Å². The normalized spacial score (nSPS) is 14.4. The summed E-state index contributed by atoms with van der Waals surface area (Å²) in [5.41, 5.74) is 43.6. The Morgan fingerprint density at radius 2 is 0.845 bits per heavy atom. The third kappa shape index (κ3) is 49.0. The molecule has 0 fully saturated rings. The number of hydrogen-bond donors (Lipinski definition) is 21. The van der Waals surface area contributed by atoms with Gasteiger partial charge in [-0.3, -0.25) is 86.9 Å². The van der Waals surface area contributed by atoms with E-state index in [2.05, 4.69) is 63.8 Å². The fourth-order valence-corrected chi connectivity index (χ4v) is 12.4. The zero-order chi connectivity index (χ0) is 87.8. The molecule has 0 saturated heterocycles. The Morgan fingerprint density at radius 3 is 1.30 bits per heavy atom. The van der Waals surface area contributed by atoms with Gasteiger partial charge in [0, 0.05) is 126 Å². The maximum Gasteiger partial charge on any atom is 0.303 e. The number of H-pyrrole nitrogens is 1. The van der Waals surface area contributed by atoms with E-state index in [4.69, 9.17) is 51.0 Å². The lowest BCUT2D eigenvalue weighted by Gasteiger charge is -2.27. The number of guanidine groups is 3. The minimum Gasteiger partial charge on any atom is -0.481 e. The number of carboxylic acids is 2. The molecule has 40 nitrogen and oxygen atoms in total. The van der Waals surface area contributed by atoms with E-state index in [1.807, 2.05) is 0 Å². The summed E-state index contributed by atoms with van der Waals surface area (Å²) >= 11 is 0. The Balaban J connectivity index is 0.00000239. The highest BCUT2D eigenvalue weighted by molar-refractivity contribution is 5.99. The summed E-state index contributed by atoms with van der Waals surface area (Å²) in [5.74, 6) is -19.0. The number of hydrogen-bond acceptors (Lipinski definition) is 23. The van der Waals surface area contributed by atoms with Crippen LogP contribution in [0.5, 0.6) is 0 Å². The van der Waals surface area contributed by atoms with Crippen LogP contribution in [0.15, 0.2) is 27.5 Å². The molecule has 13 atom stereocenters. The van der Waals surface area contributed by atoms with Crippen molar-refractivity contribution in [3.63, 3.8) is 0 Å². The molecule has 1 aromatic heterocycles. The number of carbonyl (C=O) groups is 15. The maximum absolute atomic E-state index is 13.8. The number of nitrogens with zero attached hydrogens (tertiary/aromatic N) is 4. The van der Waals surface area contributed by atoms with Gasteiger partial charge in [0.25, 0.3) is 0 Å². The molecule has 0 aliphatic rings. The molecule has 1 rings (SSSR count). The third-order valence-corrected chi connectivity index (χ3v) is 19.3. The second-order valence-electron chi connectivity index (χ2n) is 29.3. The average Bonchev–Trinajstić information content (AvgIpc) is 0.959. The van der Waals surface area contributed by atoms with Crippen LogP contribution >= 0.6 is 0 Å². The number of nitrogens with one attached hydrogen (secondary N) is 7. The Morgan fingerprint density at radius 1 is 0.422 bits per heavy atom. The quantitative estimate of drug-likeness (QED) is 0.0200. The van der Waals surface area contributed by atoms with Gasteiger partial charge in [0.2, 0.25) is 47.3 Å². The molecule has 0 saturated carbocycles. The van der Waals surface area contributed by atoms with Crippen molar-refractivity contribution < 1.29 is 103 Å². The molecule has 116 heavy (non-hydrogen) atoms. The lowest BCUT2D eigenvalue weighted by molar-refractivity contribution is -0.139. The van der Waals surface area contributed by atoms with Crippen LogP contribution in [0.1, 0.15) is 232 Å². The molecule has 0 radical (unpaired) electrons. The number of aromatic nitrogens is 2. The van der Waals surface area contributed by atoms with Crippen LogP contribution in [0.3, 0.4) is 0 Å². The monoisotopic (exact) mass is 1650 g/mol. The van der Waals surface area contributed by atoms with Crippen molar-refractivity contribution in [1.29, 1.82) is 0 Å². The first kappa shape index (κ1) is 106. The van der Waals surface area contributed by atoms with E-state index >= 15 is 0 Å². The van der Waals surface area contributed by atoms with E-state index in [0.717, 1.165) is 26.2 Å². The molecule has 0 spiro atoms. The Bertz CT molecular complexity index is 3310. The molecule has 0 unspecified atom stereocenters. The number of Topliss-reactive ketones (excluding diaryl/α,β-unsaturated/α-hetero) is 5. The second kappa shape index (κ2) is 61.3. The average molecular weight is 1650 g/mol. The Hall–Kier alpha value is -10.1. The molecular formula is C76H133N19O21. The number of carboxylic acid groups (broad SMARTS) is 2. The lowest BCUT2D eigenvalue weighted by atomic mass is 9.88. The van der Waals surface area contributed by atoms with Crippen LogP contribution in [0, 0.1) is 35.5 Å². The van der Waals surface area contributed by atoms with Crippen molar-refractivity contribution in [2.24, 2.45) is 96.4 Å². The summed E-state index contributed by atoms with van der Waals surface area (Å²) in [6, 6.07) is -7.21. The van der Waals surface area contributed by atoms with Crippen LogP contribution in [0.2, 0.25) is 0 Å². The summed E-state index contributed by atoms with van der Waals surface area (Å²) in [7, 11) is 1.48. The van der Waals surface area contributed by atoms with E-state index in [0.29, 0.717) is 31.4 Å². The number of nitrogens with two attached hydrogens (primary N) is 8. The molecule has 0 aliphatic carbocycles. The summed E-state index contributed by atoms with van der Waals surface area (Å²) in [6.07, 6.45) is 12.6. The number of ketones is 5. The van der Waals surface area contributed by atoms with Crippen molar-refractivity contribution in [1.82, 2.24) is 41.9 Å². The minimum absolute atomic E-state index is 0.0176. The van der Waals surface area contributed by atoms with E-state index in [9.17, 15) is 97.5 Å². The first-order valence-electron chi connectivity index (χ1n) is 39.9. The Kier molecular flexibility index (Phi) is 56.0. The molecule has 29 N–H and O–H groups in total. The standard InChI is InChI=1S/C41H71N11O15.C35H62N8O6/c1-20(6-4-12-48-40(44)45)28(57)15-25(8-10-32(42)61)38(66)51-35(22(3)56)31(60)16-24(7-5-13-49-41(46)47)37(65)50-27(19-54)29(58)17-26(18-53)39(67)52-34(21(2)55)30(59)14-23(36(43)64)9-11-33(62)63;1-3-4-5-6-7-8-9-10-11-12-13-14-15-18-31(45)42-29(19-20-32(46)47)34(49)43-28(17-16-21-40-35(36)37)30(44)23-26(33(48)38-2)22-27-24-39-25-41-27/h20-27,34-35,53-56H,4-19H2,1-3H3,(H2,42,61)(H2,43,64)(H,50,65)(H,51,66)(H,52,67)(H,62,63)(H4,44,45,48)(H4,46,47,49);24-26,28-29H,3-23H2,1-2H3,(H,38,48)(H,39,41)(H,42,45)(H,43,49)(H,46,47)(H4,36,37,40)/t20-,21+,22+,23+,24+,25+,26-,27-,34-,35-;26-,28+,29+/m01/s1. The number of aromatic amines is 1. The van der Waals surface area contributed by atoms with Gasteiger partial charge in [-0.2, -0.15) is 0 Å². The maximum atomic E-state index is 13.8. The highest BCUT2D eigenvalue weighted by Gasteiger charge is 2.38. The van der Waals surface area contributed by atoms with Gasteiger partial charge in [-0.05, 0) is 78.1 Å². The van der Waals surface area contributed by atoms with Crippen LogP contribution < -0.4 is 77.8 Å². The van der Waals surface area contributed by atoms with Crippen LogP contribution in [0.25, 0.3) is 0 Å². The topological polar surface area (TPSA) is 724 Å². The first-order chi connectivity index (χ1) is 54.8. The summed E-state index contributed by atoms with van der Waals surface area (Å²) < 4.78 is 0. The Labute approximate surface area is 677 Å². The number of aliphatic imine (C=N–C) groups is 3. The van der Waals surface area contributed by atoms with Gasteiger partial charge >= 0.3 is 11.9 Å². The predicted molar refractivity (Wildman–Crippen MR) is 430 cm³/mol. The van der Waals surface area contributed by atoms with Gasteiger partial charge in [0.05, 0.1) is 49.6 Å². The zero-order valence-corrected chi connectivity index (χ0v) is 68.0. The molecule has 40 heteroatoms. The van der Waals surface area contributed by atoms with Gasteiger partial charge in [-0.1, -0.05) is 90.9 Å². The van der Waals surface area contributed by atoms with Gasteiger partial charge in [0.15, 0.2) is 41.0 Å². The summed E-state index contributed by atoms with van der Waals surface area (Å²) in [4.78, 5) is 211. The van der Waals surface area contributed by atoms with Gasteiger partial charge in [-0.15, -0.1) is 0 Å². The van der Waals surface area contributed by atoms with Gasteiger partial charge < -0.3 is 113 Å². The van der Waals surface area contributed by atoms with Crippen molar-refractivity contribution in [3.05, 3.63) is 18.2 Å². The lowest BCUT2D eigenvalue weighted by Crippen LogP contribution is -2.52. The van der Waals surface area contributed by atoms with Crippen LogP contribution in [0.4, 0.5) is 0 Å². The smallest absolute Gasteiger partial charge is 0.303 e. The van der Waals surface area contributed by atoms with E-state index in [1.165, 1.54) is 78.1 Å². The molecular weight excluding hydrogens is 1510 g/mol. The molecule has 0 aromatic carbocycles. The number of unbranched alkanes of at least 4 members (excludes halogenated alkanes) is 12. The van der Waals surface area contributed by atoms with E-state index < -0.39 is 182 Å². The molecule has 8 amide bonds. The largest absolute Gasteiger partial charge is 0.481 e. The van der Waals surface area contributed by atoms with Gasteiger partial charge in [0.1, 0.15) is 30.0 Å². The van der Waals surface area contributed by atoms with Crippen LogP contribution in [-0.2, 0) is 78.3 Å². The molecule has 1 heterocycles. The minimum atomic E-state index is -1.73. The number of aliphatic hydroxyl groups excluding tert-OH is 4. The fourth-order valence-electron chi connectivity index (χ4n) is 12.4. The van der Waals surface area contributed by atoms with Crippen molar-refractivity contribution >= 4 is 106 Å². The van der Waals surface area contributed by atoms with E-state index in [1.54, 1.807) is 13.1 Å². The molecule has 658 valence electrons. The second-order valence-corrected chi connectivity index (χ2v) is 29.3. The highest BCUT2D eigenvalue weighted by Crippen LogP contribution is 2.23. The summed E-state index contributed by atoms with van der Waals surface area (Å²) in [5, 5.41) is 74.3. The zero-order valence-electron chi connectivity index (χ0n) is 68.0. The predicted octanol–water partition coefficient (Wildman–Crippen LogP) is -1.51. The third-order valence-electron chi connectivity index (χ3n) is 19.3. The number of primary amides is 2. The highest BCUT2D eigenvalue weighted by atomic mass is 16.4.